The summed E-state index contributed by atoms with van der Waals surface area (Å²) in [6, 6.07) is -0.615. The summed E-state index contributed by atoms with van der Waals surface area (Å²) < 4.78 is 36.4. The second-order valence-corrected chi connectivity index (χ2v) is 8.21. The molecular formula is C15H26N2O5S. The van der Waals surface area contributed by atoms with Crippen molar-refractivity contribution in [1.82, 2.24) is 4.31 Å². The van der Waals surface area contributed by atoms with Gasteiger partial charge in [-0.2, -0.15) is 8.42 Å². The fourth-order valence-corrected chi connectivity index (χ4v) is 4.24. The van der Waals surface area contributed by atoms with E-state index in [1.54, 1.807) is 27.7 Å². The van der Waals surface area contributed by atoms with Crippen LogP contribution >= 0.6 is 0 Å². The summed E-state index contributed by atoms with van der Waals surface area (Å²) in [7, 11) is -3.97. The van der Waals surface area contributed by atoms with E-state index in [2.05, 4.69) is 0 Å². The number of esters is 1. The molecule has 1 aliphatic heterocycles. The van der Waals surface area contributed by atoms with Crippen molar-refractivity contribution >= 4 is 16.3 Å². The number of carbonyl (C=O) groups excluding carboxylic acids is 1. The number of hydrogen-bond acceptors (Lipinski definition) is 6. The standard InChI is InChI=1S/C15H26N2O5S/c1-5-21-14(18)15(3,4)9-22-23(19,20)17-10(2)12(16)13(17)11-7-6-8-11/h10,12H,5-9,16H2,1-4H3. The zero-order valence-electron chi connectivity index (χ0n) is 14.2. The van der Waals surface area contributed by atoms with Gasteiger partial charge in [-0.3, -0.25) is 8.98 Å². The van der Waals surface area contributed by atoms with Gasteiger partial charge in [-0.25, -0.2) is 4.31 Å². The molecule has 132 valence electrons. The molecule has 1 saturated carbocycles. The van der Waals surface area contributed by atoms with Gasteiger partial charge in [0.15, 0.2) is 0 Å². The fraction of sp³-hybridized carbons (Fsp3) is 0.800. The number of allylic oxidation sites excluding steroid dienone is 1. The third kappa shape index (κ3) is 3.39. The number of carbonyl (C=O) groups is 1. The van der Waals surface area contributed by atoms with Crippen molar-refractivity contribution in [3.63, 3.8) is 0 Å². The Morgan fingerprint density at radius 2 is 2.00 bits per heavy atom. The Hall–Kier alpha value is -1.12. The molecule has 2 aliphatic rings. The van der Waals surface area contributed by atoms with E-state index in [9.17, 15) is 13.2 Å². The lowest BCUT2D eigenvalue weighted by Crippen LogP contribution is -2.63. The molecule has 0 bridgehead atoms. The van der Waals surface area contributed by atoms with Crippen LogP contribution in [0.15, 0.2) is 11.3 Å². The lowest BCUT2D eigenvalue weighted by molar-refractivity contribution is -0.155. The highest BCUT2D eigenvalue weighted by molar-refractivity contribution is 7.84. The lowest BCUT2D eigenvalue weighted by Gasteiger charge is -2.49. The molecule has 0 aromatic carbocycles. The number of hydrogen-bond donors (Lipinski definition) is 1. The number of nitrogens with two attached hydrogens (primary N) is 1. The Morgan fingerprint density at radius 3 is 2.48 bits per heavy atom. The minimum absolute atomic E-state index is 0.239. The molecule has 1 heterocycles. The predicted molar refractivity (Wildman–Crippen MR) is 85.4 cm³/mol. The van der Waals surface area contributed by atoms with Crippen molar-refractivity contribution in [3.8, 4) is 0 Å². The molecule has 0 aromatic rings. The summed E-state index contributed by atoms with van der Waals surface area (Å²) in [5.74, 6) is -0.485. The molecule has 0 amide bonds. The maximum Gasteiger partial charge on any atom is 0.362 e. The van der Waals surface area contributed by atoms with Crippen LogP contribution in [0.2, 0.25) is 0 Å². The first-order valence-electron chi connectivity index (χ1n) is 7.95. The summed E-state index contributed by atoms with van der Waals surface area (Å²) >= 11 is 0. The number of ether oxygens (including phenoxy) is 1. The Bertz CT molecular complexity index is 605. The van der Waals surface area contributed by atoms with Gasteiger partial charge in [0.05, 0.1) is 30.7 Å². The van der Waals surface area contributed by atoms with Crippen molar-refractivity contribution in [2.45, 2.75) is 59.0 Å². The van der Waals surface area contributed by atoms with Gasteiger partial charge in [0.2, 0.25) is 0 Å². The van der Waals surface area contributed by atoms with E-state index >= 15 is 0 Å². The predicted octanol–water partition coefficient (Wildman–Crippen LogP) is 1.31. The normalized spacial score (nSPS) is 25.0. The van der Waals surface area contributed by atoms with E-state index < -0.39 is 21.7 Å². The third-order valence-electron chi connectivity index (χ3n) is 4.40. The summed E-state index contributed by atoms with van der Waals surface area (Å²) in [5, 5.41) is 0. The largest absolute Gasteiger partial charge is 0.466 e. The smallest absolute Gasteiger partial charge is 0.362 e. The molecule has 2 rings (SSSR count). The van der Waals surface area contributed by atoms with Crippen LogP contribution in [0.4, 0.5) is 0 Å². The van der Waals surface area contributed by atoms with Gasteiger partial charge in [-0.15, -0.1) is 0 Å². The highest BCUT2D eigenvalue weighted by Gasteiger charge is 2.48. The Balaban J connectivity index is 2.09. The van der Waals surface area contributed by atoms with Gasteiger partial charge in [0.25, 0.3) is 0 Å². The van der Waals surface area contributed by atoms with Crippen LogP contribution in [-0.4, -0.2) is 44.0 Å². The van der Waals surface area contributed by atoms with E-state index in [-0.39, 0.29) is 25.3 Å². The zero-order valence-corrected chi connectivity index (χ0v) is 15.0. The minimum atomic E-state index is -3.97. The van der Waals surface area contributed by atoms with E-state index in [4.69, 9.17) is 14.7 Å². The first-order chi connectivity index (χ1) is 10.6. The van der Waals surface area contributed by atoms with Gasteiger partial charge >= 0.3 is 16.3 Å². The molecule has 0 aromatic heterocycles. The fourth-order valence-electron chi connectivity index (χ4n) is 2.65. The second kappa shape index (κ2) is 6.41. The minimum Gasteiger partial charge on any atom is -0.466 e. The number of rotatable bonds is 6. The Labute approximate surface area is 138 Å². The van der Waals surface area contributed by atoms with Crippen LogP contribution in [0.25, 0.3) is 0 Å². The first-order valence-corrected chi connectivity index (χ1v) is 9.32. The van der Waals surface area contributed by atoms with Crippen LogP contribution in [0.3, 0.4) is 0 Å². The highest BCUT2D eigenvalue weighted by Crippen LogP contribution is 2.41. The van der Waals surface area contributed by atoms with Gasteiger partial charge in [-0.1, -0.05) is 0 Å². The molecule has 7 nitrogen and oxygen atoms in total. The Kier molecular flexibility index (Phi) is 5.08. The molecule has 23 heavy (non-hydrogen) atoms. The molecule has 2 atom stereocenters. The van der Waals surface area contributed by atoms with Gasteiger partial charge in [0, 0.05) is 5.70 Å². The van der Waals surface area contributed by atoms with Gasteiger partial charge in [-0.05, 0) is 52.5 Å². The van der Waals surface area contributed by atoms with Crippen LogP contribution in [0, 0.1) is 5.41 Å². The van der Waals surface area contributed by atoms with Crippen molar-refractivity contribution < 1.29 is 22.1 Å². The van der Waals surface area contributed by atoms with Crippen LogP contribution in [0.5, 0.6) is 0 Å². The van der Waals surface area contributed by atoms with E-state index in [1.165, 1.54) is 4.31 Å². The average molecular weight is 346 g/mol. The Morgan fingerprint density at radius 1 is 1.39 bits per heavy atom. The summed E-state index contributed by atoms with van der Waals surface area (Å²) in [5.41, 5.74) is 6.76. The molecule has 1 saturated heterocycles. The molecule has 1 aliphatic carbocycles. The van der Waals surface area contributed by atoms with Crippen molar-refractivity contribution in [1.29, 1.82) is 0 Å². The van der Waals surface area contributed by atoms with Gasteiger partial charge < -0.3 is 10.5 Å². The summed E-state index contributed by atoms with van der Waals surface area (Å²) in [6.07, 6.45) is 2.83. The zero-order chi connectivity index (χ0) is 17.4. The van der Waals surface area contributed by atoms with E-state index in [0.29, 0.717) is 5.70 Å². The van der Waals surface area contributed by atoms with Crippen molar-refractivity contribution in [2.75, 3.05) is 13.2 Å². The van der Waals surface area contributed by atoms with Crippen molar-refractivity contribution in [2.24, 2.45) is 11.1 Å². The van der Waals surface area contributed by atoms with Crippen LogP contribution < -0.4 is 5.73 Å². The lowest BCUT2D eigenvalue weighted by atomic mass is 9.83. The number of nitrogens with zero attached hydrogens (tertiary/aromatic N) is 1. The molecule has 2 unspecified atom stereocenters. The monoisotopic (exact) mass is 346 g/mol. The highest BCUT2D eigenvalue weighted by atomic mass is 32.2. The first kappa shape index (κ1) is 18.2. The van der Waals surface area contributed by atoms with Crippen LogP contribution in [-0.2, 0) is 24.0 Å². The second-order valence-electron chi connectivity index (χ2n) is 6.73. The van der Waals surface area contributed by atoms with Gasteiger partial charge in [0.1, 0.15) is 0 Å². The van der Waals surface area contributed by atoms with E-state index in [0.717, 1.165) is 24.8 Å². The van der Waals surface area contributed by atoms with Crippen molar-refractivity contribution in [3.05, 3.63) is 11.3 Å². The third-order valence-corrected chi connectivity index (χ3v) is 5.83. The molecule has 2 N–H and O–H groups in total. The summed E-state index contributed by atoms with van der Waals surface area (Å²) in [4.78, 5) is 11.8. The van der Waals surface area contributed by atoms with E-state index in [1.807, 2.05) is 0 Å². The molecule has 2 fully saturated rings. The quantitative estimate of drug-likeness (QED) is 0.728. The molecule has 0 radical (unpaired) electrons. The van der Waals surface area contributed by atoms with Crippen LogP contribution in [0.1, 0.15) is 47.0 Å². The average Bonchev–Trinajstić information content (AvgIpc) is 2.42. The molecular weight excluding hydrogens is 320 g/mol. The SMILES string of the molecule is CCOC(=O)C(C)(C)COS(=O)(=O)N1C(=C2CCC2)C(N)C1C. The maximum absolute atomic E-state index is 12.5. The molecule has 0 spiro atoms. The maximum atomic E-state index is 12.5. The topological polar surface area (TPSA) is 98.9 Å². The molecule has 8 heteroatoms. The summed E-state index contributed by atoms with van der Waals surface area (Å²) in [6.45, 7) is 6.61.